The van der Waals surface area contributed by atoms with Gasteiger partial charge in [0.1, 0.15) is 35.5 Å². The summed E-state index contributed by atoms with van der Waals surface area (Å²) in [5, 5.41) is 26.1. The van der Waals surface area contributed by atoms with E-state index in [-0.39, 0.29) is 18.0 Å². The Labute approximate surface area is 171 Å². The minimum Gasteiger partial charge on any atom is -0.394 e. The molecule has 2 aromatic rings. The number of nitrogens with zero attached hydrogens (tertiary/aromatic N) is 4. The lowest BCUT2D eigenvalue weighted by molar-refractivity contribution is -0.201. The zero-order chi connectivity index (χ0) is 20.3. The van der Waals surface area contributed by atoms with Gasteiger partial charge in [0.15, 0.2) is 17.7 Å². The number of aromatic nitrogens is 4. The second kappa shape index (κ2) is 7.03. The highest BCUT2D eigenvalue weighted by molar-refractivity contribution is 8.00. The average Bonchev–Trinajstić information content (AvgIpc) is 3.39. The third-order valence-corrected chi connectivity index (χ3v) is 7.07. The summed E-state index contributed by atoms with van der Waals surface area (Å²) in [6.07, 6.45) is 1.69. The Balaban J connectivity index is 1.56. The number of aliphatic hydroxyl groups is 2. The van der Waals surface area contributed by atoms with Crippen molar-refractivity contribution in [2.24, 2.45) is 0 Å². The summed E-state index contributed by atoms with van der Waals surface area (Å²) in [7, 11) is 0. The van der Waals surface area contributed by atoms with Crippen molar-refractivity contribution in [1.29, 1.82) is 0 Å². The Morgan fingerprint density at radius 3 is 2.79 bits per heavy atom. The minimum absolute atomic E-state index is 0.0496. The molecule has 10 nitrogen and oxygen atoms in total. The maximum atomic E-state index is 10.3. The van der Waals surface area contributed by atoms with E-state index in [0.717, 1.165) is 19.3 Å². The molecular weight excluding hydrogens is 398 g/mol. The van der Waals surface area contributed by atoms with Crippen molar-refractivity contribution in [3.05, 3.63) is 6.33 Å². The second-order valence-corrected chi connectivity index (χ2v) is 9.40. The van der Waals surface area contributed by atoms with Crippen LogP contribution in [0.5, 0.6) is 0 Å². The molecule has 0 spiro atoms. The fraction of sp³-hybridized carbons (Fsp3) is 0.722. The molecule has 29 heavy (non-hydrogen) atoms. The van der Waals surface area contributed by atoms with Gasteiger partial charge in [-0.1, -0.05) is 11.8 Å². The first-order valence-corrected chi connectivity index (χ1v) is 10.7. The van der Waals surface area contributed by atoms with Crippen LogP contribution in [0.4, 0.5) is 5.82 Å². The highest BCUT2D eigenvalue weighted by atomic mass is 32.2. The number of anilines is 1. The van der Waals surface area contributed by atoms with Crippen LogP contribution in [0.15, 0.2) is 11.4 Å². The fourth-order valence-electron chi connectivity index (χ4n) is 4.41. The molecular formula is C18H25N5O5S. The third kappa shape index (κ3) is 3.20. The van der Waals surface area contributed by atoms with Crippen LogP contribution < -0.4 is 5.73 Å². The first kappa shape index (κ1) is 19.5. The average molecular weight is 423 g/mol. The maximum absolute atomic E-state index is 10.3. The molecule has 0 aromatic carbocycles. The van der Waals surface area contributed by atoms with Gasteiger partial charge in [0.25, 0.3) is 0 Å². The Hall–Kier alpha value is -1.50. The highest BCUT2D eigenvalue weighted by Gasteiger charge is 2.56. The van der Waals surface area contributed by atoms with Gasteiger partial charge in [-0.2, -0.15) is 5.10 Å². The van der Waals surface area contributed by atoms with Crippen molar-refractivity contribution in [1.82, 2.24) is 19.7 Å². The van der Waals surface area contributed by atoms with Crippen molar-refractivity contribution < 1.29 is 24.4 Å². The van der Waals surface area contributed by atoms with Gasteiger partial charge >= 0.3 is 0 Å². The van der Waals surface area contributed by atoms with E-state index < -0.39 is 30.3 Å². The number of fused-ring (bicyclic) bond motifs is 2. The topological polar surface area (TPSA) is 138 Å². The maximum Gasteiger partial charge on any atom is 0.181 e. The van der Waals surface area contributed by atoms with Crippen LogP contribution in [0.2, 0.25) is 0 Å². The van der Waals surface area contributed by atoms with E-state index in [0.29, 0.717) is 21.9 Å². The van der Waals surface area contributed by atoms with Crippen LogP contribution in [-0.2, 0) is 14.2 Å². The molecule has 1 aliphatic carbocycles. The summed E-state index contributed by atoms with van der Waals surface area (Å²) in [6, 6.07) is 0. The summed E-state index contributed by atoms with van der Waals surface area (Å²) < 4.78 is 19.7. The molecule has 5 rings (SSSR count). The summed E-state index contributed by atoms with van der Waals surface area (Å²) in [5.74, 6) is -0.457. The zero-order valence-electron chi connectivity index (χ0n) is 16.3. The van der Waals surface area contributed by atoms with Crippen LogP contribution in [0.25, 0.3) is 11.0 Å². The number of ether oxygens (including phenoxy) is 3. The van der Waals surface area contributed by atoms with E-state index in [4.69, 9.17) is 25.0 Å². The van der Waals surface area contributed by atoms with Crippen molar-refractivity contribution >= 4 is 28.6 Å². The lowest BCUT2D eigenvalue weighted by Gasteiger charge is -2.23. The van der Waals surface area contributed by atoms with Crippen molar-refractivity contribution in [2.45, 2.75) is 79.8 Å². The largest absolute Gasteiger partial charge is 0.394 e. The van der Waals surface area contributed by atoms with Crippen LogP contribution in [-0.4, -0.2) is 72.0 Å². The van der Waals surface area contributed by atoms with E-state index >= 15 is 0 Å². The number of rotatable bonds is 4. The monoisotopic (exact) mass is 423 g/mol. The number of nitrogen functional groups attached to an aromatic ring is 1. The highest BCUT2D eigenvalue weighted by Crippen LogP contribution is 2.45. The van der Waals surface area contributed by atoms with Crippen molar-refractivity contribution in [3.63, 3.8) is 0 Å². The molecule has 2 aliphatic heterocycles. The van der Waals surface area contributed by atoms with Gasteiger partial charge in [-0.25, -0.2) is 14.6 Å². The number of aliphatic hydroxyl groups excluding tert-OH is 2. The standard InChI is InChI=1S/C18H25N5O5S/c1-18(2)27-12-9(6-24)26-17(13(12)28-18)23-15-11(14(19)20-7-21-15)16(22-23)29-10-5-3-4-8(10)25/h7-10,12-13,17,24-25H,3-6H2,1-2H3,(H2,19,20,21)/t8-,9-,10-,12-,13-,17-/m1/s1. The van der Waals surface area contributed by atoms with E-state index in [1.54, 1.807) is 4.68 Å². The summed E-state index contributed by atoms with van der Waals surface area (Å²) in [6.45, 7) is 3.48. The summed E-state index contributed by atoms with van der Waals surface area (Å²) in [4.78, 5) is 8.52. The quantitative estimate of drug-likeness (QED) is 0.648. The van der Waals surface area contributed by atoms with Crippen LogP contribution in [0, 0.1) is 0 Å². The van der Waals surface area contributed by atoms with E-state index in [1.165, 1.54) is 18.1 Å². The predicted molar refractivity (Wildman–Crippen MR) is 104 cm³/mol. The second-order valence-electron chi connectivity index (χ2n) is 8.17. The van der Waals surface area contributed by atoms with E-state index in [2.05, 4.69) is 9.97 Å². The smallest absolute Gasteiger partial charge is 0.181 e. The van der Waals surface area contributed by atoms with Gasteiger partial charge in [-0.3, -0.25) is 0 Å². The Morgan fingerprint density at radius 2 is 2.07 bits per heavy atom. The molecule has 6 atom stereocenters. The van der Waals surface area contributed by atoms with Gasteiger partial charge in [0.2, 0.25) is 0 Å². The normalized spacial score (nSPS) is 36.1. The van der Waals surface area contributed by atoms with Gasteiger partial charge < -0.3 is 30.2 Å². The minimum atomic E-state index is -0.784. The first-order chi connectivity index (χ1) is 13.9. The van der Waals surface area contributed by atoms with E-state index in [9.17, 15) is 10.2 Å². The number of hydrogen-bond acceptors (Lipinski definition) is 10. The lowest BCUT2D eigenvalue weighted by Crippen LogP contribution is -2.31. The molecule has 1 saturated carbocycles. The molecule has 0 radical (unpaired) electrons. The summed E-state index contributed by atoms with van der Waals surface area (Å²) >= 11 is 1.50. The molecule has 158 valence electrons. The number of hydrogen-bond donors (Lipinski definition) is 3. The SMILES string of the molecule is CC1(C)O[C@@H]2[C@H](O1)[C@@H](CO)O[C@H]2n1nc(S[C@@H]2CCC[C@H]2O)c2c(N)ncnc21. The molecule has 2 aromatic heterocycles. The van der Waals surface area contributed by atoms with Crippen LogP contribution in [0.1, 0.15) is 39.3 Å². The molecule has 2 saturated heterocycles. The molecule has 0 unspecified atom stereocenters. The number of thioether (sulfide) groups is 1. The predicted octanol–water partition coefficient (Wildman–Crippen LogP) is 0.824. The van der Waals surface area contributed by atoms with Crippen LogP contribution >= 0.6 is 11.8 Å². The Kier molecular flexibility index (Phi) is 4.72. The molecule has 0 amide bonds. The first-order valence-electron chi connectivity index (χ1n) is 9.83. The zero-order valence-corrected chi connectivity index (χ0v) is 17.1. The summed E-state index contributed by atoms with van der Waals surface area (Å²) in [5.41, 5.74) is 6.69. The Bertz CT molecular complexity index is 923. The molecule has 4 heterocycles. The Morgan fingerprint density at radius 1 is 1.28 bits per heavy atom. The van der Waals surface area contributed by atoms with Gasteiger partial charge in [0.05, 0.1) is 18.1 Å². The van der Waals surface area contributed by atoms with Crippen LogP contribution in [0.3, 0.4) is 0 Å². The van der Waals surface area contributed by atoms with Crippen molar-refractivity contribution in [3.8, 4) is 0 Å². The van der Waals surface area contributed by atoms with Gasteiger partial charge in [-0.05, 0) is 33.1 Å². The molecule has 0 bridgehead atoms. The molecule has 3 fully saturated rings. The molecule has 3 aliphatic rings. The number of nitrogens with two attached hydrogens (primary N) is 1. The van der Waals surface area contributed by atoms with Crippen molar-refractivity contribution in [2.75, 3.05) is 12.3 Å². The fourth-order valence-corrected chi connectivity index (χ4v) is 5.73. The third-order valence-electron chi connectivity index (χ3n) is 5.71. The molecule has 4 N–H and O–H groups in total. The molecule has 11 heteroatoms. The van der Waals surface area contributed by atoms with Gasteiger partial charge in [0, 0.05) is 5.25 Å². The van der Waals surface area contributed by atoms with Gasteiger partial charge in [-0.15, -0.1) is 0 Å². The lowest BCUT2D eigenvalue weighted by atomic mass is 10.1. The van der Waals surface area contributed by atoms with E-state index in [1.807, 2.05) is 13.8 Å².